The molecule has 0 saturated heterocycles. The molecule has 0 amide bonds. The van der Waals surface area contributed by atoms with Crippen molar-refractivity contribution >= 4 is 0 Å². The summed E-state index contributed by atoms with van der Waals surface area (Å²) in [5, 5.41) is 0. The summed E-state index contributed by atoms with van der Waals surface area (Å²) in [6.07, 6.45) is 8.02. The van der Waals surface area contributed by atoms with E-state index in [1.807, 2.05) is 6.08 Å². The van der Waals surface area contributed by atoms with E-state index in [0.29, 0.717) is 24.7 Å². The third kappa shape index (κ3) is 5.88. The smallest absolute Gasteiger partial charge is 0.489 e. The Labute approximate surface area is 157 Å². The van der Waals surface area contributed by atoms with Crippen LogP contribution in [0.1, 0.15) is 56.9 Å². The molecule has 2 saturated carbocycles. The maximum absolute atomic E-state index is 14.7. The average molecular weight is 386 g/mol. The fourth-order valence-electron chi connectivity index (χ4n) is 3.64. The van der Waals surface area contributed by atoms with Crippen molar-refractivity contribution in [3.05, 3.63) is 35.7 Å². The van der Waals surface area contributed by atoms with Gasteiger partial charge in [0.15, 0.2) is 11.6 Å². The van der Waals surface area contributed by atoms with Gasteiger partial charge in [-0.15, -0.1) is 13.2 Å². The zero-order valence-electron chi connectivity index (χ0n) is 15.4. The lowest BCUT2D eigenvalue weighted by Gasteiger charge is -2.26. The van der Waals surface area contributed by atoms with Gasteiger partial charge in [0, 0.05) is 0 Å². The molecule has 0 heterocycles. The average Bonchev–Trinajstić information content (AvgIpc) is 3.07. The van der Waals surface area contributed by atoms with E-state index in [4.69, 9.17) is 4.74 Å². The predicted octanol–water partition coefficient (Wildman–Crippen LogP) is 6.58. The number of halogens is 4. The lowest BCUT2D eigenvalue weighted by molar-refractivity contribution is -0.276. The van der Waals surface area contributed by atoms with Crippen LogP contribution in [0.4, 0.5) is 17.6 Å². The van der Waals surface area contributed by atoms with Gasteiger partial charge < -0.3 is 9.47 Å². The Hall–Kier alpha value is -1.72. The highest BCUT2D eigenvalue weighted by molar-refractivity contribution is 5.45. The molecule has 6 heteroatoms. The number of hydrogen-bond donors (Lipinski definition) is 0. The van der Waals surface area contributed by atoms with Crippen LogP contribution in [0.15, 0.2) is 24.3 Å². The van der Waals surface area contributed by atoms with E-state index in [-0.39, 0.29) is 17.9 Å². The van der Waals surface area contributed by atoms with Crippen molar-refractivity contribution in [2.45, 2.75) is 64.1 Å². The highest BCUT2D eigenvalue weighted by Crippen LogP contribution is 2.38. The monoisotopic (exact) mass is 386 g/mol. The normalized spacial score (nSPS) is 18.8. The third-order valence-electron chi connectivity index (χ3n) is 5.45. The van der Waals surface area contributed by atoms with Crippen LogP contribution in [0.3, 0.4) is 0 Å². The summed E-state index contributed by atoms with van der Waals surface area (Å²) in [5.74, 6) is -1.10. The van der Waals surface area contributed by atoms with Crippen LogP contribution in [-0.4, -0.2) is 13.0 Å². The van der Waals surface area contributed by atoms with Crippen molar-refractivity contribution < 1.29 is 27.0 Å². The number of alkyl halides is 3. The molecule has 0 N–H and O–H groups in total. The molecule has 0 radical (unpaired) electrons. The number of ether oxygens (including phenoxy) is 2. The van der Waals surface area contributed by atoms with Crippen LogP contribution in [0.2, 0.25) is 0 Å². The Morgan fingerprint density at radius 1 is 1.04 bits per heavy atom. The number of aryl methyl sites for hydroxylation is 1. The van der Waals surface area contributed by atoms with Gasteiger partial charge in [0.05, 0.1) is 6.61 Å². The van der Waals surface area contributed by atoms with E-state index >= 15 is 0 Å². The van der Waals surface area contributed by atoms with Crippen LogP contribution in [0.5, 0.6) is 11.5 Å². The molecule has 1 aromatic rings. The first-order chi connectivity index (χ1) is 12.9. The second-order valence-corrected chi connectivity index (χ2v) is 7.53. The first-order valence-electron chi connectivity index (χ1n) is 9.79. The topological polar surface area (TPSA) is 18.5 Å². The van der Waals surface area contributed by atoms with Gasteiger partial charge in [-0.25, -0.2) is 4.39 Å². The zero-order valence-corrected chi connectivity index (χ0v) is 15.4. The molecule has 27 heavy (non-hydrogen) atoms. The molecular formula is C21H26F4O2. The molecule has 3 rings (SSSR count). The van der Waals surface area contributed by atoms with Crippen molar-refractivity contribution in [1.82, 2.24) is 0 Å². The van der Waals surface area contributed by atoms with Crippen molar-refractivity contribution in [1.29, 1.82) is 0 Å². The molecule has 1 aromatic carbocycles. The number of benzene rings is 1. The molecule has 150 valence electrons. The van der Waals surface area contributed by atoms with Crippen LogP contribution in [0.25, 0.3) is 0 Å². The lowest BCUT2D eigenvalue weighted by Crippen LogP contribution is -2.22. The van der Waals surface area contributed by atoms with Gasteiger partial charge in [-0.3, -0.25) is 0 Å². The zero-order chi connectivity index (χ0) is 19.3. The van der Waals surface area contributed by atoms with Crippen molar-refractivity contribution in [3.8, 4) is 11.5 Å². The van der Waals surface area contributed by atoms with E-state index in [0.717, 1.165) is 19.3 Å². The van der Waals surface area contributed by atoms with Gasteiger partial charge in [-0.1, -0.05) is 37.5 Å². The minimum absolute atomic E-state index is 0.179. The summed E-state index contributed by atoms with van der Waals surface area (Å²) in [6, 6.07) is 2.89. The summed E-state index contributed by atoms with van der Waals surface area (Å²) in [4.78, 5) is 0. The van der Waals surface area contributed by atoms with Gasteiger partial charge in [-0.2, -0.15) is 0 Å². The molecule has 0 spiro atoms. The summed E-state index contributed by atoms with van der Waals surface area (Å²) in [5.41, 5.74) is 0.210. The highest BCUT2D eigenvalue weighted by Gasteiger charge is 2.35. The fourth-order valence-corrected chi connectivity index (χ4v) is 3.64. The first-order valence-corrected chi connectivity index (χ1v) is 9.79. The van der Waals surface area contributed by atoms with Gasteiger partial charge in [-0.05, 0) is 62.0 Å². The molecular weight excluding hydrogens is 360 g/mol. The summed E-state index contributed by atoms with van der Waals surface area (Å²) < 4.78 is 62.3. The molecule has 0 unspecified atom stereocenters. The van der Waals surface area contributed by atoms with Crippen LogP contribution in [-0.2, 0) is 6.42 Å². The van der Waals surface area contributed by atoms with E-state index < -0.39 is 17.9 Å². The standard InChI is InChI=1S/C21H26F4O2/c22-19-17(11-4-3-8-15-6-1-2-7-15)12-13-18(20(19)27-21(23,24)25)26-14-16-9-5-10-16/h3,8,12-13,15-16H,1-2,4-7,9-11,14H2/b8-3+. The quantitative estimate of drug-likeness (QED) is 0.371. The third-order valence-corrected chi connectivity index (χ3v) is 5.45. The van der Waals surface area contributed by atoms with Gasteiger partial charge in [0.1, 0.15) is 0 Å². The lowest BCUT2D eigenvalue weighted by atomic mass is 9.86. The summed E-state index contributed by atoms with van der Waals surface area (Å²) in [7, 11) is 0. The largest absolute Gasteiger partial charge is 0.573 e. The Morgan fingerprint density at radius 2 is 1.78 bits per heavy atom. The molecule has 2 fully saturated rings. The molecule has 0 atom stereocenters. The highest BCUT2D eigenvalue weighted by atomic mass is 19.4. The Bertz CT molecular complexity index is 644. The maximum atomic E-state index is 14.7. The first kappa shape index (κ1) is 20.0. The second-order valence-electron chi connectivity index (χ2n) is 7.53. The van der Waals surface area contributed by atoms with E-state index in [9.17, 15) is 17.6 Å². The molecule has 0 bridgehead atoms. The van der Waals surface area contributed by atoms with E-state index in [1.165, 1.54) is 37.8 Å². The van der Waals surface area contributed by atoms with Crippen LogP contribution in [0, 0.1) is 17.7 Å². The van der Waals surface area contributed by atoms with Gasteiger partial charge in [0.2, 0.25) is 5.75 Å². The van der Waals surface area contributed by atoms with Gasteiger partial charge in [0.25, 0.3) is 0 Å². The summed E-state index contributed by atoms with van der Waals surface area (Å²) in [6.45, 7) is 0.289. The van der Waals surface area contributed by atoms with Gasteiger partial charge >= 0.3 is 6.36 Å². The van der Waals surface area contributed by atoms with Crippen molar-refractivity contribution in [2.75, 3.05) is 6.61 Å². The van der Waals surface area contributed by atoms with Crippen molar-refractivity contribution in [3.63, 3.8) is 0 Å². The Morgan fingerprint density at radius 3 is 2.41 bits per heavy atom. The number of rotatable bonds is 8. The number of hydrogen-bond acceptors (Lipinski definition) is 2. The number of allylic oxidation sites excluding steroid dienone is 2. The molecule has 2 nitrogen and oxygen atoms in total. The minimum Gasteiger partial charge on any atom is -0.489 e. The van der Waals surface area contributed by atoms with E-state index in [1.54, 1.807) is 0 Å². The SMILES string of the molecule is Fc1c(CC/C=C/C2CCCC2)ccc(OCC2CCC2)c1OC(F)(F)F. The maximum Gasteiger partial charge on any atom is 0.573 e. The minimum atomic E-state index is -4.96. The van der Waals surface area contributed by atoms with E-state index in [2.05, 4.69) is 10.8 Å². The molecule has 0 aromatic heterocycles. The Kier molecular flexibility index (Phi) is 6.66. The van der Waals surface area contributed by atoms with Crippen molar-refractivity contribution in [2.24, 2.45) is 11.8 Å². The Balaban J connectivity index is 1.66. The van der Waals surface area contributed by atoms with Crippen LogP contribution < -0.4 is 9.47 Å². The second kappa shape index (κ2) is 8.98. The molecule has 2 aliphatic carbocycles. The fraction of sp³-hybridized carbons (Fsp3) is 0.619. The molecule has 2 aliphatic rings. The summed E-state index contributed by atoms with van der Waals surface area (Å²) >= 11 is 0. The van der Waals surface area contributed by atoms with Crippen LogP contribution >= 0.6 is 0 Å². The predicted molar refractivity (Wildman–Crippen MR) is 95.3 cm³/mol. The molecule has 0 aliphatic heterocycles.